The van der Waals surface area contributed by atoms with E-state index >= 15 is 0 Å². The molecule has 0 unspecified atom stereocenters. The molecule has 3 rings (SSSR count). The molecule has 5 nitrogen and oxygen atoms in total. The third kappa shape index (κ3) is 3.49. The number of nitrogens with zero attached hydrogens (tertiary/aromatic N) is 3. The number of nitrogen functional groups attached to an aromatic ring is 1. The van der Waals surface area contributed by atoms with Crippen molar-refractivity contribution < 1.29 is 0 Å². The minimum atomic E-state index is 0.520. The Hall–Kier alpha value is -2.60. The van der Waals surface area contributed by atoms with E-state index in [1.165, 1.54) is 6.33 Å². The van der Waals surface area contributed by atoms with E-state index in [1.54, 1.807) is 0 Å². The van der Waals surface area contributed by atoms with Gasteiger partial charge in [-0.25, -0.2) is 9.97 Å². The van der Waals surface area contributed by atoms with Gasteiger partial charge in [-0.1, -0.05) is 34.1 Å². The Labute approximate surface area is 149 Å². The third-order valence-corrected chi connectivity index (χ3v) is 4.14. The van der Waals surface area contributed by atoms with E-state index < -0.39 is 0 Å². The van der Waals surface area contributed by atoms with Crippen molar-refractivity contribution >= 4 is 44.6 Å². The van der Waals surface area contributed by atoms with Gasteiger partial charge in [0.05, 0.1) is 0 Å². The molecule has 6 heteroatoms. The number of halogens is 1. The predicted octanol–water partition coefficient (Wildman–Crippen LogP) is 4.72. The first kappa shape index (κ1) is 16.3. The van der Waals surface area contributed by atoms with E-state index in [0.29, 0.717) is 17.3 Å². The van der Waals surface area contributed by atoms with Crippen LogP contribution in [0.4, 0.5) is 28.7 Å². The van der Waals surface area contributed by atoms with Gasteiger partial charge in [-0.05, 0) is 43.3 Å². The molecule has 3 aromatic rings. The molecule has 0 fully saturated rings. The summed E-state index contributed by atoms with van der Waals surface area (Å²) < 4.78 is 1.02. The van der Waals surface area contributed by atoms with Crippen LogP contribution in [0.1, 0.15) is 6.92 Å². The topological polar surface area (TPSA) is 67.1 Å². The Balaban J connectivity index is 1.94. The van der Waals surface area contributed by atoms with Crippen molar-refractivity contribution in [1.29, 1.82) is 0 Å². The highest BCUT2D eigenvalue weighted by Crippen LogP contribution is 2.32. The smallest absolute Gasteiger partial charge is 0.161 e. The fraction of sp³-hybridized carbons (Fsp3) is 0.111. The molecule has 0 radical (unpaired) electrons. The summed E-state index contributed by atoms with van der Waals surface area (Å²) in [5, 5.41) is 3.25. The first-order chi connectivity index (χ1) is 11.7. The van der Waals surface area contributed by atoms with Crippen LogP contribution in [0.15, 0.2) is 65.4 Å². The van der Waals surface area contributed by atoms with E-state index in [9.17, 15) is 0 Å². The van der Waals surface area contributed by atoms with Crippen LogP contribution in [0.2, 0.25) is 0 Å². The summed E-state index contributed by atoms with van der Waals surface area (Å²) in [5.74, 6) is 1.29. The van der Waals surface area contributed by atoms with Gasteiger partial charge in [0.2, 0.25) is 0 Å². The maximum absolute atomic E-state index is 6.34. The second kappa shape index (κ2) is 7.31. The number of nitrogens with two attached hydrogens (primary N) is 1. The second-order valence-electron chi connectivity index (χ2n) is 5.17. The van der Waals surface area contributed by atoms with Crippen molar-refractivity contribution in [2.75, 3.05) is 22.5 Å². The van der Waals surface area contributed by atoms with Gasteiger partial charge in [-0.15, -0.1) is 0 Å². The molecule has 0 saturated heterocycles. The number of para-hydroxylation sites is 1. The van der Waals surface area contributed by atoms with Gasteiger partial charge in [0.15, 0.2) is 11.6 Å². The molecule has 0 aliphatic carbocycles. The molecule has 1 heterocycles. The molecule has 0 spiro atoms. The van der Waals surface area contributed by atoms with Crippen LogP contribution in [-0.4, -0.2) is 16.5 Å². The average molecular weight is 384 g/mol. The molecule has 1 aromatic heterocycles. The normalized spacial score (nSPS) is 10.4. The standard InChI is InChI=1S/C18H18BrN5/c1-2-24(15-6-4-3-5-7-15)18-16(20)17(21-12-22-18)23-14-10-8-13(19)9-11-14/h3-12H,2,20H2,1H3,(H,21,22,23). The predicted molar refractivity (Wildman–Crippen MR) is 103 cm³/mol. The number of hydrogen-bond donors (Lipinski definition) is 2. The molecule has 0 saturated carbocycles. The summed E-state index contributed by atoms with van der Waals surface area (Å²) in [6.07, 6.45) is 1.53. The molecule has 0 bridgehead atoms. The fourth-order valence-electron chi connectivity index (χ4n) is 2.43. The van der Waals surface area contributed by atoms with Crippen LogP contribution >= 0.6 is 15.9 Å². The monoisotopic (exact) mass is 383 g/mol. The summed E-state index contributed by atoms with van der Waals surface area (Å²) in [4.78, 5) is 10.7. The van der Waals surface area contributed by atoms with Gasteiger partial charge >= 0.3 is 0 Å². The second-order valence-corrected chi connectivity index (χ2v) is 6.09. The van der Waals surface area contributed by atoms with Crippen molar-refractivity contribution in [3.8, 4) is 0 Å². The number of rotatable bonds is 5. The maximum Gasteiger partial charge on any atom is 0.161 e. The number of benzene rings is 2. The Morgan fingerprint density at radius 3 is 2.42 bits per heavy atom. The van der Waals surface area contributed by atoms with Crippen molar-refractivity contribution in [2.24, 2.45) is 0 Å². The van der Waals surface area contributed by atoms with E-state index in [4.69, 9.17) is 5.73 Å². The van der Waals surface area contributed by atoms with Crippen molar-refractivity contribution in [3.63, 3.8) is 0 Å². The Morgan fingerprint density at radius 2 is 1.75 bits per heavy atom. The van der Waals surface area contributed by atoms with E-state index in [2.05, 4.69) is 43.0 Å². The summed E-state index contributed by atoms with van der Waals surface area (Å²) in [7, 11) is 0. The highest BCUT2D eigenvalue weighted by atomic mass is 79.9. The highest BCUT2D eigenvalue weighted by molar-refractivity contribution is 9.10. The SMILES string of the molecule is CCN(c1ccccc1)c1ncnc(Nc2ccc(Br)cc2)c1N. The molecular weight excluding hydrogens is 366 g/mol. The molecule has 0 atom stereocenters. The summed E-state index contributed by atoms with van der Waals surface area (Å²) in [5.41, 5.74) is 8.81. The van der Waals surface area contributed by atoms with Gasteiger partial charge in [0.1, 0.15) is 12.0 Å². The largest absolute Gasteiger partial charge is 0.393 e. The number of anilines is 5. The number of aromatic nitrogens is 2. The van der Waals surface area contributed by atoms with Crippen LogP contribution in [0.3, 0.4) is 0 Å². The summed E-state index contributed by atoms with van der Waals surface area (Å²) in [6, 6.07) is 17.9. The van der Waals surface area contributed by atoms with Gasteiger partial charge in [-0.3, -0.25) is 0 Å². The van der Waals surface area contributed by atoms with Crippen LogP contribution in [-0.2, 0) is 0 Å². The summed E-state index contributed by atoms with van der Waals surface area (Å²) >= 11 is 3.43. The molecule has 2 aromatic carbocycles. The Bertz CT molecular complexity index is 805. The van der Waals surface area contributed by atoms with Crippen LogP contribution in [0, 0.1) is 0 Å². The lowest BCUT2D eigenvalue weighted by Gasteiger charge is -2.24. The molecule has 0 amide bonds. The zero-order valence-electron chi connectivity index (χ0n) is 13.3. The van der Waals surface area contributed by atoms with Crippen molar-refractivity contribution in [3.05, 3.63) is 65.4 Å². The minimum absolute atomic E-state index is 0.520. The third-order valence-electron chi connectivity index (χ3n) is 3.61. The maximum atomic E-state index is 6.34. The lowest BCUT2D eigenvalue weighted by molar-refractivity contribution is 0.980. The first-order valence-electron chi connectivity index (χ1n) is 7.64. The highest BCUT2D eigenvalue weighted by Gasteiger charge is 2.15. The molecular formula is C18H18BrN5. The van der Waals surface area contributed by atoms with Crippen molar-refractivity contribution in [2.45, 2.75) is 6.92 Å². The van der Waals surface area contributed by atoms with Crippen LogP contribution < -0.4 is 16.0 Å². The molecule has 3 N–H and O–H groups in total. The van der Waals surface area contributed by atoms with E-state index in [1.807, 2.05) is 54.6 Å². The molecule has 0 aliphatic rings. The van der Waals surface area contributed by atoms with Gasteiger partial charge in [0, 0.05) is 22.4 Å². The van der Waals surface area contributed by atoms with E-state index in [0.717, 1.165) is 22.4 Å². The molecule has 24 heavy (non-hydrogen) atoms. The lowest BCUT2D eigenvalue weighted by atomic mass is 10.2. The first-order valence-corrected chi connectivity index (χ1v) is 8.44. The van der Waals surface area contributed by atoms with Crippen LogP contribution in [0.5, 0.6) is 0 Å². The lowest BCUT2D eigenvalue weighted by Crippen LogP contribution is -2.19. The van der Waals surface area contributed by atoms with Gasteiger partial charge < -0.3 is 16.0 Å². The van der Waals surface area contributed by atoms with Gasteiger partial charge in [0.25, 0.3) is 0 Å². The zero-order chi connectivity index (χ0) is 16.9. The molecule has 0 aliphatic heterocycles. The summed E-state index contributed by atoms with van der Waals surface area (Å²) in [6.45, 7) is 2.82. The Kier molecular flexibility index (Phi) is 4.96. The zero-order valence-corrected chi connectivity index (χ0v) is 14.9. The number of nitrogens with one attached hydrogen (secondary N) is 1. The fourth-order valence-corrected chi connectivity index (χ4v) is 2.70. The quantitative estimate of drug-likeness (QED) is 0.666. The van der Waals surface area contributed by atoms with Gasteiger partial charge in [-0.2, -0.15) is 0 Å². The average Bonchev–Trinajstić information content (AvgIpc) is 2.61. The molecule has 122 valence electrons. The van der Waals surface area contributed by atoms with Crippen molar-refractivity contribution in [1.82, 2.24) is 9.97 Å². The Morgan fingerprint density at radius 1 is 1.04 bits per heavy atom. The van der Waals surface area contributed by atoms with E-state index in [-0.39, 0.29) is 0 Å². The number of hydrogen-bond acceptors (Lipinski definition) is 5. The minimum Gasteiger partial charge on any atom is -0.393 e. The van der Waals surface area contributed by atoms with Crippen LogP contribution in [0.25, 0.3) is 0 Å².